The molecule has 0 unspecified atom stereocenters. The summed E-state index contributed by atoms with van der Waals surface area (Å²) in [6.45, 7) is 2.77. The summed E-state index contributed by atoms with van der Waals surface area (Å²) >= 11 is 5.34. The van der Waals surface area contributed by atoms with Crippen molar-refractivity contribution in [1.82, 2.24) is 20.1 Å². The van der Waals surface area contributed by atoms with Gasteiger partial charge in [0.1, 0.15) is 0 Å². The number of carbonyl (C=O) groups is 2. The summed E-state index contributed by atoms with van der Waals surface area (Å²) in [6, 6.07) is 18.5. The smallest absolute Gasteiger partial charge is 0.291 e. The molecule has 0 atom stereocenters. The highest BCUT2D eigenvalue weighted by Crippen LogP contribution is 2.18. The van der Waals surface area contributed by atoms with Gasteiger partial charge in [0.2, 0.25) is 5.91 Å². The van der Waals surface area contributed by atoms with Gasteiger partial charge in [0, 0.05) is 30.8 Å². The normalized spacial score (nSPS) is 10.7. The average Bonchev–Trinajstić information content (AvgIpc) is 3.47. The molecule has 0 radical (unpaired) electrons. The number of aromatic nitrogens is 3. The molecular weight excluding hydrogens is 438 g/mol. The number of hydrogen-bond acceptors (Lipinski definition) is 5. The van der Waals surface area contributed by atoms with Gasteiger partial charge in [0.15, 0.2) is 16.4 Å². The summed E-state index contributed by atoms with van der Waals surface area (Å²) < 4.78 is 7.39. The van der Waals surface area contributed by atoms with Crippen LogP contribution in [0.15, 0.2) is 71.3 Å². The van der Waals surface area contributed by atoms with Crippen LogP contribution in [0.5, 0.6) is 0 Å². The van der Waals surface area contributed by atoms with Crippen LogP contribution in [0.2, 0.25) is 0 Å². The number of aromatic amines is 1. The van der Waals surface area contributed by atoms with Crippen molar-refractivity contribution in [3.05, 3.63) is 88.6 Å². The quantitative estimate of drug-likeness (QED) is 0.336. The predicted octanol–water partition coefficient (Wildman–Crippen LogP) is 4.47. The zero-order chi connectivity index (χ0) is 23.2. The standard InChI is InChI=1S/C24H23N5O3S/c1-16-7-9-18(10-8-16)22-27-28-24(33)29(22)12-11-21(30)25-15-17-4-2-5-19(14-17)26-23(31)20-6-3-13-32-20/h2-10,13-14H,11-12,15H2,1H3,(H,25,30)(H,26,31)(H,28,33). The second kappa shape index (κ2) is 10.1. The Kier molecular flexibility index (Phi) is 6.80. The highest BCUT2D eigenvalue weighted by molar-refractivity contribution is 7.71. The fourth-order valence-electron chi connectivity index (χ4n) is 3.31. The van der Waals surface area contributed by atoms with Crippen LogP contribution in [0.1, 0.15) is 28.1 Å². The number of benzene rings is 2. The highest BCUT2D eigenvalue weighted by atomic mass is 32.1. The molecule has 0 aliphatic heterocycles. The van der Waals surface area contributed by atoms with Crippen molar-refractivity contribution < 1.29 is 14.0 Å². The monoisotopic (exact) mass is 461 g/mol. The molecule has 0 aliphatic rings. The second-order valence-corrected chi connectivity index (χ2v) is 7.92. The van der Waals surface area contributed by atoms with Crippen molar-refractivity contribution in [2.45, 2.75) is 26.4 Å². The SMILES string of the molecule is Cc1ccc(-c2n[nH]c(=S)n2CCC(=O)NCc2cccc(NC(=O)c3ccco3)c2)cc1. The van der Waals surface area contributed by atoms with E-state index in [4.69, 9.17) is 16.6 Å². The van der Waals surface area contributed by atoms with Crippen LogP contribution in [0.3, 0.4) is 0 Å². The van der Waals surface area contributed by atoms with Crippen molar-refractivity contribution in [1.29, 1.82) is 0 Å². The first kappa shape index (κ1) is 22.2. The molecule has 8 nitrogen and oxygen atoms in total. The Morgan fingerprint density at radius 2 is 1.94 bits per heavy atom. The van der Waals surface area contributed by atoms with Crippen LogP contribution >= 0.6 is 12.2 Å². The van der Waals surface area contributed by atoms with Crippen LogP contribution in [0, 0.1) is 11.7 Å². The van der Waals surface area contributed by atoms with Crippen LogP contribution in [0.25, 0.3) is 11.4 Å². The number of anilines is 1. The Labute approximate surface area is 195 Å². The third-order valence-electron chi connectivity index (χ3n) is 5.05. The van der Waals surface area contributed by atoms with E-state index in [1.54, 1.807) is 18.2 Å². The Morgan fingerprint density at radius 1 is 1.12 bits per heavy atom. The lowest BCUT2D eigenvalue weighted by molar-refractivity contribution is -0.121. The topological polar surface area (TPSA) is 105 Å². The maximum atomic E-state index is 12.5. The minimum atomic E-state index is -0.331. The lowest BCUT2D eigenvalue weighted by Crippen LogP contribution is -2.24. The Bertz CT molecular complexity index is 1310. The molecule has 0 saturated heterocycles. The molecule has 2 amide bonds. The Hall–Kier alpha value is -3.98. The summed E-state index contributed by atoms with van der Waals surface area (Å²) in [7, 11) is 0. The molecule has 0 fully saturated rings. The van der Waals surface area contributed by atoms with E-state index in [9.17, 15) is 9.59 Å². The lowest BCUT2D eigenvalue weighted by atomic mass is 10.1. The van der Waals surface area contributed by atoms with Gasteiger partial charge >= 0.3 is 0 Å². The number of furan rings is 1. The molecule has 0 spiro atoms. The van der Waals surface area contributed by atoms with Gasteiger partial charge < -0.3 is 15.1 Å². The first-order chi connectivity index (χ1) is 16.0. The van der Waals surface area contributed by atoms with Crippen molar-refractivity contribution in [2.24, 2.45) is 0 Å². The van der Waals surface area contributed by atoms with Gasteiger partial charge in [-0.2, -0.15) is 5.10 Å². The molecule has 0 saturated carbocycles. The third kappa shape index (κ3) is 5.64. The second-order valence-electron chi connectivity index (χ2n) is 7.53. The van der Waals surface area contributed by atoms with Crippen molar-refractivity contribution in [2.75, 3.05) is 5.32 Å². The minimum Gasteiger partial charge on any atom is -0.459 e. The molecule has 2 heterocycles. The largest absolute Gasteiger partial charge is 0.459 e. The van der Waals surface area contributed by atoms with E-state index < -0.39 is 0 Å². The minimum absolute atomic E-state index is 0.113. The zero-order valence-corrected chi connectivity index (χ0v) is 18.8. The molecule has 2 aromatic carbocycles. The van der Waals surface area contributed by atoms with E-state index in [1.165, 1.54) is 6.26 Å². The fourth-order valence-corrected chi connectivity index (χ4v) is 3.53. The first-order valence-corrected chi connectivity index (χ1v) is 10.8. The number of aryl methyl sites for hydroxylation is 1. The molecule has 33 heavy (non-hydrogen) atoms. The van der Waals surface area contributed by atoms with Crippen LogP contribution in [0.4, 0.5) is 5.69 Å². The van der Waals surface area contributed by atoms with E-state index >= 15 is 0 Å². The van der Waals surface area contributed by atoms with E-state index in [1.807, 2.05) is 54.0 Å². The van der Waals surface area contributed by atoms with E-state index in [0.717, 1.165) is 16.7 Å². The molecular formula is C24H23N5O3S. The number of amides is 2. The van der Waals surface area contributed by atoms with Gasteiger partial charge in [-0.3, -0.25) is 19.3 Å². The van der Waals surface area contributed by atoms with Gasteiger partial charge in [0.25, 0.3) is 5.91 Å². The van der Waals surface area contributed by atoms with Gasteiger partial charge in [-0.25, -0.2) is 0 Å². The predicted molar refractivity (Wildman–Crippen MR) is 127 cm³/mol. The fraction of sp³-hybridized carbons (Fsp3) is 0.167. The summed E-state index contributed by atoms with van der Waals surface area (Å²) in [5.74, 6) is 0.491. The molecule has 2 aromatic heterocycles. The number of rotatable bonds is 8. The van der Waals surface area contributed by atoms with Gasteiger partial charge in [-0.1, -0.05) is 42.0 Å². The number of H-pyrrole nitrogens is 1. The van der Waals surface area contributed by atoms with E-state index in [2.05, 4.69) is 20.8 Å². The molecule has 4 rings (SSSR count). The zero-order valence-electron chi connectivity index (χ0n) is 18.0. The number of nitrogens with one attached hydrogen (secondary N) is 3. The summed E-state index contributed by atoms with van der Waals surface area (Å²) in [4.78, 5) is 24.6. The van der Waals surface area contributed by atoms with E-state index in [0.29, 0.717) is 29.4 Å². The van der Waals surface area contributed by atoms with E-state index in [-0.39, 0.29) is 24.0 Å². The summed E-state index contributed by atoms with van der Waals surface area (Å²) in [5.41, 5.74) is 3.57. The Morgan fingerprint density at radius 3 is 2.70 bits per heavy atom. The molecule has 0 bridgehead atoms. The van der Waals surface area contributed by atoms with Crippen molar-refractivity contribution in [3.63, 3.8) is 0 Å². The van der Waals surface area contributed by atoms with Crippen LogP contribution in [-0.4, -0.2) is 26.6 Å². The molecule has 4 aromatic rings. The lowest BCUT2D eigenvalue weighted by Gasteiger charge is -2.10. The first-order valence-electron chi connectivity index (χ1n) is 10.4. The van der Waals surface area contributed by atoms with Crippen LogP contribution in [-0.2, 0) is 17.9 Å². The number of nitrogens with zero attached hydrogens (tertiary/aromatic N) is 2. The van der Waals surface area contributed by atoms with Gasteiger partial charge in [-0.15, -0.1) is 0 Å². The maximum Gasteiger partial charge on any atom is 0.291 e. The van der Waals surface area contributed by atoms with Gasteiger partial charge in [-0.05, 0) is 49.0 Å². The van der Waals surface area contributed by atoms with Crippen molar-refractivity contribution >= 4 is 29.7 Å². The van der Waals surface area contributed by atoms with Gasteiger partial charge in [0.05, 0.1) is 6.26 Å². The highest BCUT2D eigenvalue weighted by Gasteiger charge is 2.12. The molecule has 168 valence electrons. The molecule has 0 aliphatic carbocycles. The van der Waals surface area contributed by atoms with Crippen LogP contribution < -0.4 is 10.6 Å². The molecule has 9 heteroatoms. The number of hydrogen-bond donors (Lipinski definition) is 3. The third-order valence-corrected chi connectivity index (χ3v) is 5.36. The summed E-state index contributed by atoms with van der Waals surface area (Å²) in [5, 5.41) is 12.8. The van der Waals surface area contributed by atoms with Crippen molar-refractivity contribution in [3.8, 4) is 11.4 Å². The Balaban J connectivity index is 1.33. The maximum absolute atomic E-state index is 12.5. The molecule has 3 N–H and O–H groups in total. The number of carbonyl (C=O) groups excluding carboxylic acids is 2. The summed E-state index contributed by atoms with van der Waals surface area (Å²) in [6.07, 6.45) is 1.70. The average molecular weight is 462 g/mol.